The summed E-state index contributed by atoms with van der Waals surface area (Å²) in [4.78, 5) is 26.2. The second kappa shape index (κ2) is 8.05. The van der Waals surface area contributed by atoms with Gasteiger partial charge in [0.25, 0.3) is 0 Å². The summed E-state index contributed by atoms with van der Waals surface area (Å²) in [5, 5.41) is 5.72. The molecule has 0 unspecified atom stereocenters. The van der Waals surface area contributed by atoms with Gasteiger partial charge in [0.2, 0.25) is 5.91 Å². The molecule has 0 bridgehead atoms. The number of urea groups is 1. The van der Waals surface area contributed by atoms with Gasteiger partial charge in [-0.15, -0.1) is 0 Å². The highest BCUT2D eigenvalue weighted by Crippen LogP contribution is 2.24. The quantitative estimate of drug-likeness (QED) is 0.883. The largest absolute Gasteiger partial charge is 0.497 e. The van der Waals surface area contributed by atoms with Crippen LogP contribution in [0.2, 0.25) is 0 Å². The fourth-order valence-corrected chi connectivity index (χ4v) is 3.24. The van der Waals surface area contributed by atoms with E-state index in [0.29, 0.717) is 26.1 Å². The minimum Gasteiger partial charge on any atom is -0.497 e. The molecular formula is C19H25N3O3. The lowest BCUT2D eigenvalue weighted by atomic mass is 9.99. The molecular weight excluding hydrogens is 318 g/mol. The third-order valence-electron chi connectivity index (χ3n) is 4.79. The smallest absolute Gasteiger partial charge is 0.318 e. The predicted molar refractivity (Wildman–Crippen MR) is 96.3 cm³/mol. The van der Waals surface area contributed by atoms with Crippen molar-refractivity contribution in [2.45, 2.75) is 31.7 Å². The van der Waals surface area contributed by atoms with Crippen LogP contribution >= 0.6 is 0 Å². The molecule has 2 aliphatic heterocycles. The van der Waals surface area contributed by atoms with Crippen LogP contribution in [-0.2, 0) is 4.79 Å². The molecule has 2 heterocycles. The summed E-state index contributed by atoms with van der Waals surface area (Å²) < 4.78 is 5.18. The van der Waals surface area contributed by atoms with Crippen LogP contribution in [-0.4, -0.2) is 49.6 Å². The number of nitrogens with zero attached hydrogens (tertiary/aromatic N) is 1. The van der Waals surface area contributed by atoms with E-state index in [1.54, 1.807) is 12.0 Å². The van der Waals surface area contributed by atoms with Crippen molar-refractivity contribution in [1.82, 2.24) is 15.5 Å². The van der Waals surface area contributed by atoms with Crippen molar-refractivity contribution in [1.29, 1.82) is 0 Å². The Morgan fingerprint density at radius 1 is 1.28 bits per heavy atom. The number of carbonyl (C=O) groups excluding carboxylic acids is 2. The molecule has 1 fully saturated rings. The third kappa shape index (κ3) is 4.32. The van der Waals surface area contributed by atoms with Crippen LogP contribution in [0.5, 0.6) is 5.75 Å². The third-order valence-corrected chi connectivity index (χ3v) is 4.79. The molecule has 6 heteroatoms. The standard InChI is InChI=1S/C19H25N3O3/c1-25-16-7-5-14(6-8-16)15-9-12-22(13-10-15)19(24)21-17-4-2-3-11-20-18(17)23/h5-9,17H,2-4,10-13H2,1H3,(H,20,23)(H,21,24)/t17-/m0/s1. The van der Waals surface area contributed by atoms with E-state index in [9.17, 15) is 9.59 Å². The van der Waals surface area contributed by atoms with E-state index < -0.39 is 6.04 Å². The zero-order valence-corrected chi connectivity index (χ0v) is 14.6. The summed E-state index contributed by atoms with van der Waals surface area (Å²) in [6.07, 6.45) is 5.51. The second-order valence-corrected chi connectivity index (χ2v) is 6.44. The fourth-order valence-electron chi connectivity index (χ4n) is 3.24. The van der Waals surface area contributed by atoms with Crippen molar-refractivity contribution in [2.24, 2.45) is 0 Å². The lowest BCUT2D eigenvalue weighted by molar-refractivity contribution is -0.122. The monoisotopic (exact) mass is 343 g/mol. The summed E-state index contributed by atoms with van der Waals surface area (Å²) in [5.41, 5.74) is 2.39. The Hall–Kier alpha value is -2.50. The van der Waals surface area contributed by atoms with Crippen molar-refractivity contribution in [3.05, 3.63) is 35.9 Å². The number of benzene rings is 1. The molecule has 0 aliphatic carbocycles. The van der Waals surface area contributed by atoms with E-state index in [2.05, 4.69) is 16.7 Å². The maximum atomic E-state index is 12.4. The van der Waals surface area contributed by atoms with Gasteiger partial charge in [-0.05, 0) is 49.0 Å². The lowest BCUT2D eigenvalue weighted by Gasteiger charge is -2.28. The predicted octanol–water partition coefficient (Wildman–Crippen LogP) is 2.16. The molecule has 1 aromatic rings. The first-order chi connectivity index (χ1) is 12.2. The molecule has 25 heavy (non-hydrogen) atoms. The normalized spacial score (nSPS) is 21.0. The average Bonchev–Trinajstić information content (AvgIpc) is 2.86. The molecule has 0 aromatic heterocycles. The number of methoxy groups -OCH3 is 1. The van der Waals surface area contributed by atoms with Crippen LogP contribution in [0.25, 0.3) is 5.57 Å². The van der Waals surface area contributed by atoms with Crippen LogP contribution in [0.3, 0.4) is 0 Å². The molecule has 0 saturated carbocycles. The van der Waals surface area contributed by atoms with Gasteiger partial charge in [0, 0.05) is 19.6 Å². The van der Waals surface area contributed by atoms with Gasteiger partial charge in [0.1, 0.15) is 11.8 Å². The van der Waals surface area contributed by atoms with Crippen LogP contribution < -0.4 is 15.4 Å². The number of nitrogens with one attached hydrogen (secondary N) is 2. The molecule has 134 valence electrons. The average molecular weight is 343 g/mol. The highest BCUT2D eigenvalue weighted by molar-refractivity contribution is 5.87. The summed E-state index contributed by atoms with van der Waals surface area (Å²) in [6, 6.07) is 7.39. The maximum absolute atomic E-state index is 12.4. The number of carbonyl (C=O) groups is 2. The second-order valence-electron chi connectivity index (χ2n) is 6.44. The Morgan fingerprint density at radius 2 is 2.08 bits per heavy atom. The highest BCUT2D eigenvalue weighted by Gasteiger charge is 2.25. The molecule has 2 aliphatic rings. The topological polar surface area (TPSA) is 70.7 Å². The van der Waals surface area contributed by atoms with Gasteiger partial charge >= 0.3 is 6.03 Å². The van der Waals surface area contributed by atoms with Gasteiger partial charge < -0.3 is 20.3 Å². The molecule has 6 nitrogen and oxygen atoms in total. The van der Waals surface area contributed by atoms with E-state index >= 15 is 0 Å². The Morgan fingerprint density at radius 3 is 2.76 bits per heavy atom. The minimum atomic E-state index is -0.415. The lowest BCUT2D eigenvalue weighted by Crippen LogP contribution is -2.51. The number of amides is 3. The van der Waals surface area contributed by atoms with Crippen molar-refractivity contribution in [3.8, 4) is 5.75 Å². The summed E-state index contributed by atoms with van der Waals surface area (Å²) in [6.45, 7) is 1.91. The van der Waals surface area contributed by atoms with E-state index in [4.69, 9.17) is 4.74 Å². The van der Waals surface area contributed by atoms with E-state index in [0.717, 1.165) is 30.6 Å². The minimum absolute atomic E-state index is 0.0719. The van der Waals surface area contributed by atoms with Crippen molar-refractivity contribution < 1.29 is 14.3 Å². The SMILES string of the molecule is COc1ccc(C2=CCN(C(=O)N[C@H]3CCCCNC3=O)CC2)cc1. The fraction of sp³-hybridized carbons (Fsp3) is 0.474. The Labute approximate surface area is 148 Å². The maximum Gasteiger partial charge on any atom is 0.318 e. The number of rotatable bonds is 3. The zero-order valence-electron chi connectivity index (χ0n) is 14.6. The molecule has 0 radical (unpaired) electrons. The van der Waals surface area contributed by atoms with E-state index in [1.165, 1.54) is 5.57 Å². The molecule has 3 amide bonds. The number of ether oxygens (including phenoxy) is 1. The van der Waals surface area contributed by atoms with Crippen molar-refractivity contribution >= 4 is 17.5 Å². The van der Waals surface area contributed by atoms with Gasteiger partial charge in [-0.25, -0.2) is 4.79 Å². The molecule has 0 spiro atoms. The number of hydrogen-bond donors (Lipinski definition) is 2. The van der Waals surface area contributed by atoms with E-state index in [-0.39, 0.29) is 11.9 Å². The van der Waals surface area contributed by atoms with Crippen molar-refractivity contribution in [3.63, 3.8) is 0 Å². The zero-order chi connectivity index (χ0) is 17.6. The van der Waals surface area contributed by atoms with Crippen LogP contribution in [0.1, 0.15) is 31.2 Å². The molecule has 1 atom stereocenters. The first-order valence-electron chi connectivity index (χ1n) is 8.84. The van der Waals surface area contributed by atoms with Gasteiger partial charge in [-0.3, -0.25) is 4.79 Å². The van der Waals surface area contributed by atoms with Gasteiger partial charge in [0.15, 0.2) is 0 Å². The summed E-state index contributed by atoms with van der Waals surface area (Å²) >= 11 is 0. The van der Waals surface area contributed by atoms with Gasteiger partial charge in [-0.2, -0.15) is 0 Å². The Balaban J connectivity index is 1.57. The summed E-state index contributed by atoms with van der Waals surface area (Å²) in [7, 11) is 1.65. The van der Waals surface area contributed by atoms with Crippen LogP contribution in [0.15, 0.2) is 30.3 Å². The molecule has 2 N–H and O–H groups in total. The van der Waals surface area contributed by atoms with Crippen LogP contribution in [0.4, 0.5) is 4.79 Å². The number of hydrogen-bond acceptors (Lipinski definition) is 3. The molecule has 3 rings (SSSR count). The first kappa shape index (κ1) is 17.3. The van der Waals surface area contributed by atoms with Crippen molar-refractivity contribution in [2.75, 3.05) is 26.7 Å². The molecule has 1 saturated heterocycles. The molecule has 1 aromatic carbocycles. The first-order valence-corrected chi connectivity index (χ1v) is 8.84. The summed E-state index contributed by atoms with van der Waals surface area (Å²) in [5.74, 6) is 0.764. The van der Waals surface area contributed by atoms with Gasteiger partial charge in [0.05, 0.1) is 7.11 Å². The van der Waals surface area contributed by atoms with Gasteiger partial charge in [-0.1, -0.05) is 18.2 Å². The Bertz CT molecular complexity index is 654. The van der Waals surface area contributed by atoms with E-state index in [1.807, 2.05) is 24.3 Å². The van der Waals surface area contributed by atoms with Crippen LogP contribution in [0, 0.1) is 0 Å². The Kier molecular flexibility index (Phi) is 5.58. The highest BCUT2D eigenvalue weighted by atomic mass is 16.5.